The summed E-state index contributed by atoms with van der Waals surface area (Å²) in [4.78, 5) is 25.7. The van der Waals surface area contributed by atoms with Gasteiger partial charge in [-0.1, -0.05) is 42.0 Å². The lowest BCUT2D eigenvalue weighted by Crippen LogP contribution is -2.36. The Bertz CT molecular complexity index is 692. The van der Waals surface area contributed by atoms with E-state index >= 15 is 0 Å². The zero-order valence-electron chi connectivity index (χ0n) is 13.7. The fraction of sp³-hybridized carbons (Fsp3) is 0.263. The molecule has 0 aromatic heterocycles. The summed E-state index contributed by atoms with van der Waals surface area (Å²) in [5, 5.41) is 0. The molecule has 0 fully saturated rings. The van der Waals surface area contributed by atoms with E-state index in [0.29, 0.717) is 18.7 Å². The molecule has 0 unspecified atom stereocenters. The van der Waals surface area contributed by atoms with Crippen LogP contribution in [0, 0.1) is 13.8 Å². The molecule has 0 aliphatic rings. The molecule has 0 bridgehead atoms. The lowest BCUT2D eigenvalue weighted by Gasteiger charge is -2.17. The first kappa shape index (κ1) is 16.7. The van der Waals surface area contributed by atoms with Crippen molar-refractivity contribution < 1.29 is 14.3 Å². The van der Waals surface area contributed by atoms with Gasteiger partial charge in [0.05, 0.1) is 6.54 Å². The lowest BCUT2D eigenvalue weighted by molar-refractivity contribution is -0.125. The minimum atomic E-state index is -0.526. The van der Waals surface area contributed by atoms with Gasteiger partial charge in [-0.05, 0) is 31.5 Å². The van der Waals surface area contributed by atoms with Crippen molar-refractivity contribution in [3.63, 3.8) is 0 Å². The number of carbonyl (C=O) groups is 2. The molecule has 0 saturated carbocycles. The topological polar surface area (TPSA) is 46.6 Å². The van der Waals surface area contributed by atoms with Gasteiger partial charge in [0.15, 0.2) is 0 Å². The Labute approximate surface area is 136 Å². The Morgan fingerprint density at radius 1 is 1.00 bits per heavy atom. The minimum absolute atomic E-state index is 0.340. The fourth-order valence-electron chi connectivity index (χ4n) is 2.11. The van der Waals surface area contributed by atoms with Gasteiger partial charge >= 0.3 is 0 Å². The SMILES string of the molecule is Cc1ccc(C(=O)C(=O)N(C)CCOc2cccc(C)c2)cc1. The summed E-state index contributed by atoms with van der Waals surface area (Å²) >= 11 is 0. The van der Waals surface area contributed by atoms with Crippen molar-refractivity contribution in [2.45, 2.75) is 13.8 Å². The first-order valence-corrected chi connectivity index (χ1v) is 7.53. The van der Waals surface area contributed by atoms with E-state index < -0.39 is 11.7 Å². The molecule has 2 aromatic carbocycles. The summed E-state index contributed by atoms with van der Waals surface area (Å²) in [5.74, 6) is -0.263. The highest BCUT2D eigenvalue weighted by Crippen LogP contribution is 2.12. The van der Waals surface area contributed by atoms with Crippen LogP contribution in [0.1, 0.15) is 21.5 Å². The van der Waals surface area contributed by atoms with Crippen molar-refractivity contribution in [2.24, 2.45) is 0 Å². The number of Topliss-reactive ketones (excluding diaryl/α,β-unsaturated/α-hetero) is 1. The molecule has 0 radical (unpaired) electrons. The van der Waals surface area contributed by atoms with Gasteiger partial charge in [-0.3, -0.25) is 9.59 Å². The zero-order valence-corrected chi connectivity index (χ0v) is 13.7. The number of likely N-dealkylation sites (N-methyl/N-ethyl adjacent to an activating group) is 1. The van der Waals surface area contributed by atoms with Gasteiger partial charge in [0.25, 0.3) is 5.91 Å². The second-order valence-electron chi connectivity index (χ2n) is 5.59. The number of amides is 1. The smallest absolute Gasteiger partial charge is 0.294 e. The number of ether oxygens (including phenoxy) is 1. The summed E-state index contributed by atoms with van der Waals surface area (Å²) in [6.07, 6.45) is 0. The molecule has 0 atom stereocenters. The second-order valence-corrected chi connectivity index (χ2v) is 5.59. The van der Waals surface area contributed by atoms with Gasteiger partial charge in [-0.2, -0.15) is 0 Å². The van der Waals surface area contributed by atoms with E-state index in [1.165, 1.54) is 4.90 Å². The predicted octanol–water partition coefficient (Wildman–Crippen LogP) is 3.02. The number of aryl methyl sites for hydroxylation is 2. The van der Waals surface area contributed by atoms with E-state index in [4.69, 9.17) is 4.74 Å². The van der Waals surface area contributed by atoms with Gasteiger partial charge < -0.3 is 9.64 Å². The number of hydrogen-bond donors (Lipinski definition) is 0. The van der Waals surface area contributed by atoms with Crippen LogP contribution in [0.2, 0.25) is 0 Å². The average molecular weight is 311 g/mol. The van der Waals surface area contributed by atoms with Gasteiger partial charge in [0, 0.05) is 12.6 Å². The molecule has 4 heteroatoms. The number of hydrogen-bond acceptors (Lipinski definition) is 3. The van der Waals surface area contributed by atoms with Crippen LogP contribution in [-0.4, -0.2) is 36.8 Å². The number of carbonyl (C=O) groups excluding carboxylic acids is 2. The maximum absolute atomic E-state index is 12.1. The average Bonchev–Trinajstić information content (AvgIpc) is 2.54. The third kappa shape index (κ3) is 4.68. The normalized spacial score (nSPS) is 10.2. The van der Waals surface area contributed by atoms with Crippen LogP contribution in [-0.2, 0) is 4.79 Å². The summed E-state index contributed by atoms with van der Waals surface area (Å²) in [7, 11) is 1.61. The van der Waals surface area contributed by atoms with Crippen LogP contribution in [0.3, 0.4) is 0 Å². The molecule has 120 valence electrons. The molecule has 0 spiro atoms. The third-order valence-corrected chi connectivity index (χ3v) is 3.54. The van der Waals surface area contributed by atoms with Crippen molar-refractivity contribution in [1.82, 2.24) is 4.90 Å². The fourth-order valence-corrected chi connectivity index (χ4v) is 2.11. The quantitative estimate of drug-likeness (QED) is 0.608. The Balaban J connectivity index is 1.87. The molecule has 23 heavy (non-hydrogen) atoms. The number of nitrogens with zero attached hydrogens (tertiary/aromatic N) is 1. The predicted molar refractivity (Wildman–Crippen MR) is 89.8 cm³/mol. The zero-order chi connectivity index (χ0) is 16.8. The highest BCUT2D eigenvalue weighted by atomic mass is 16.5. The molecule has 1 amide bonds. The number of rotatable bonds is 6. The highest BCUT2D eigenvalue weighted by Gasteiger charge is 2.20. The van der Waals surface area contributed by atoms with Crippen molar-refractivity contribution in [3.05, 3.63) is 65.2 Å². The number of benzene rings is 2. The third-order valence-electron chi connectivity index (χ3n) is 3.54. The maximum Gasteiger partial charge on any atom is 0.294 e. The molecule has 2 aromatic rings. The lowest BCUT2D eigenvalue weighted by atomic mass is 10.1. The molecular formula is C19H21NO3. The van der Waals surface area contributed by atoms with E-state index in [-0.39, 0.29) is 0 Å². The van der Waals surface area contributed by atoms with Crippen molar-refractivity contribution in [3.8, 4) is 5.75 Å². The summed E-state index contributed by atoms with van der Waals surface area (Å²) < 4.78 is 5.60. The van der Waals surface area contributed by atoms with E-state index in [9.17, 15) is 9.59 Å². The summed E-state index contributed by atoms with van der Waals surface area (Å²) in [5.41, 5.74) is 2.57. The second kappa shape index (κ2) is 7.58. The monoisotopic (exact) mass is 311 g/mol. The molecule has 0 saturated heterocycles. The Morgan fingerprint density at radius 3 is 2.35 bits per heavy atom. The van der Waals surface area contributed by atoms with Gasteiger partial charge in [0.2, 0.25) is 5.78 Å². The Hall–Kier alpha value is -2.62. The van der Waals surface area contributed by atoms with Gasteiger partial charge in [0.1, 0.15) is 12.4 Å². The van der Waals surface area contributed by atoms with Crippen LogP contribution in [0.4, 0.5) is 0 Å². The Kier molecular flexibility index (Phi) is 5.52. The van der Waals surface area contributed by atoms with E-state index in [2.05, 4.69) is 0 Å². The van der Waals surface area contributed by atoms with Crippen molar-refractivity contribution in [2.75, 3.05) is 20.2 Å². The van der Waals surface area contributed by atoms with Crippen LogP contribution in [0.5, 0.6) is 5.75 Å². The molecule has 4 nitrogen and oxygen atoms in total. The van der Waals surface area contributed by atoms with Crippen LogP contribution in [0.15, 0.2) is 48.5 Å². The van der Waals surface area contributed by atoms with Crippen LogP contribution < -0.4 is 4.74 Å². The first-order chi connectivity index (χ1) is 11.0. The molecular weight excluding hydrogens is 290 g/mol. The van der Waals surface area contributed by atoms with Gasteiger partial charge in [-0.25, -0.2) is 0 Å². The molecule has 0 aliphatic carbocycles. The maximum atomic E-state index is 12.1. The van der Waals surface area contributed by atoms with E-state index in [0.717, 1.165) is 16.9 Å². The van der Waals surface area contributed by atoms with E-state index in [1.807, 2.05) is 50.2 Å². The largest absolute Gasteiger partial charge is 0.492 e. The van der Waals surface area contributed by atoms with Crippen molar-refractivity contribution >= 4 is 11.7 Å². The summed E-state index contributed by atoms with van der Waals surface area (Å²) in [6.45, 7) is 4.62. The van der Waals surface area contributed by atoms with E-state index in [1.54, 1.807) is 19.2 Å². The molecule has 2 rings (SSSR count). The van der Waals surface area contributed by atoms with Crippen LogP contribution >= 0.6 is 0 Å². The standard InChI is InChI=1S/C19H21NO3/c1-14-7-9-16(10-8-14)18(21)19(22)20(3)11-12-23-17-6-4-5-15(2)13-17/h4-10,13H,11-12H2,1-3H3. The van der Waals surface area contributed by atoms with Crippen molar-refractivity contribution in [1.29, 1.82) is 0 Å². The molecule has 0 heterocycles. The minimum Gasteiger partial charge on any atom is -0.492 e. The molecule has 0 N–H and O–H groups in total. The Morgan fingerprint density at radius 2 is 1.70 bits per heavy atom. The number of ketones is 1. The van der Waals surface area contributed by atoms with Gasteiger partial charge in [-0.15, -0.1) is 0 Å². The first-order valence-electron chi connectivity index (χ1n) is 7.53. The highest BCUT2D eigenvalue weighted by molar-refractivity contribution is 6.42. The molecule has 0 aliphatic heterocycles. The van der Waals surface area contributed by atoms with Crippen LogP contribution in [0.25, 0.3) is 0 Å². The summed E-state index contributed by atoms with van der Waals surface area (Å²) in [6, 6.07) is 14.7.